The molecular weight excluding hydrogens is 254 g/mol. The lowest BCUT2D eigenvalue weighted by atomic mass is 10.3. The number of pyridine rings is 1. The first kappa shape index (κ1) is 13.1. The molecule has 19 heavy (non-hydrogen) atoms. The number of ether oxygens (including phenoxy) is 2. The summed E-state index contributed by atoms with van der Waals surface area (Å²) in [5, 5.41) is 0. The number of aromatic nitrogens is 1. The van der Waals surface area contributed by atoms with Crippen molar-refractivity contribution in [3.8, 4) is 17.5 Å². The van der Waals surface area contributed by atoms with Gasteiger partial charge < -0.3 is 15.2 Å². The number of hydrogen-bond acceptors (Lipinski definition) is 4. The molecular formula is C13H12F2N2O2. The minimum atomic E-state index is -0.762. The molecule has 0 atom stereocenters. The van der Waals surface area contributed by atoms with Crippen molar-refractivity contribution in [3.05, 3.63) is 42.0 Å². The van der Waals surface area contributed by atoms with Crippen LogP contribution >= 0.6 is 0 Å². The Balaban J connectivity index is 2.25. The van der Waals surface area contributed by atoms with Crippen molar-refractivity contribution in [2.45, 2.75) is 6.92 Å². The maximum atomic E-state index is 13.5. The summed E-state index contributed by atoms with van der Waals surface area (Å²) >= 11 is 0. The van der Waals surface area contributed by atoms with Crippen LogP contribution in [0, 0.1) is 11.6 Å². The van der Waals surface area contributed by atoms with E-state index in [1.54, 1.807) is 12.1 Å². The third kappa shape index (κ3) is 3.09. The molecule has 0 bridgehead atoms. The van der Waals surface area contributed by atoms with Crippen molar-refractivity contribution in [2.75, 3.05) is 12.3 Å². The molecule has 2 rings (SSSR count). The average Bonchev–Trinajstić information content (AvgIpc) is 2.37. The van der Waals surface area contributed by atoms with Gasteiger partial charge in [0, 0.05) is 24.3 Å². The van der Waals surface area contributed by atoms with Crippen molar-refractivity contribution in [1.82, 2.24) is 4.98 Å². The fourth-order valence-electron chi connectivity index (χ4n) is 1.42. The number of nitrogens with two attached hydrogens (primary N) is 1. The first-order chi connectivity index (χ1) is 9.10. The minimum Gasteiger partial charge on any atom is -0.478 e. The molecule has 0 unspecified atom stereocenters. The van der Waals surface area contributed by atoms with Gasteiger partial charge in [-0.25, -0.2) is 8.78 Å². The topological polar surface area (TPSA) is 57.4 Å². The highest BCUT2D eigenvalue weighted by Gasteiger charge is 2.11. The van der Waals surface area contributed by atoms with Crippen molar-refractivity contribution >= 4 is 5.69 Å². The van der Waals surface area contributed by atoms with Gasteiger partial charge in [0.1, 0.15) is 5.82 Å². The summed E-state index contributed by atoms with van der Waals surface area (Å²) in [5.41, 5.74) is 4.96. The summed E-state index contributed by atoms with van der Waals surface area (Å²) in [5.74, 6) is -1.35. The van der Waals surface area contributed by atoms with Crippen molar-refractivity contribution in [2.24, 2.45) is 0 Å². The number of anilines is 1. The van der Waals surface area contributed by atoms with E-state index < -0.39 is 11.6 Å². The largest absolute Gasteiger partial charge is 0.478 e. The number of halogens is 2. The third-order valence-electron chi connectivity index (χ3n) is 2.26. The van der Waals surface area contributed by atoms with Gasteiger partial charge in [-0.05, 0) is 6.92 Å². The second-order valence-corrected chi connectivity index (χ2v) is 3.65. The van der Waals surface area contributed by atoms with Gasteiger partial charge in [0.25, 0.3) is 0 Å². The maximum absolute atomic E-state index is 13.5. The Morgan fingerprint density at radius 1 is 1.16 bits per heavy atom. The summed E-state index contributed by atoms with van der Waals surface area (Å²) < 4.78 is 37.1. The van der Waals surface area contributed by atoms with Gasteiger partial charge in [-0.3, -0.25) is 0 Å². The van der Waals surface area contributed by atoms with E-state index in [0.29, 0.717) is 12.5 Å². The molecule has 4 nitrogen and oxygen atoms in total. The zero-order chi connectivity index (χ0) is 13.8. The first-order valence-corrected chi connectivity index (χ1v) is 5.62. The fourth-order valence-corrected chi connectivity index (χ4v) is 1.42. The van der Waals surface area contributed by atoms with E-state index in [9.17, 15) is 8.78 Å². The van der Waals surface area contributed by atoms with Crippen LogP contribution in [0.25, 0.3) is 0 Å². The standard InChI is InChI=1S/C13H12F2N2O2/c1-2-18-12-4-3-5-13(17-12)19-11-7-8(14)10(16)6-9(11)15/h3-7H,2,16H2,1H3. The highest BCUT2D eigenvalue weighted by Crippen LogP contribution is 2.27. The van der Waals surface area contributed by atoms with Crippen LogP contribution in [-0.2, 0) is 0 Å². The van der Waals surface area contributed by atoms with Crippen LogP contribution < -0.4 is 15.2 Å². The van der Waals surface area contributed by atoms with Crippen molar-refractivity contribution < 1.29 is 18.3 Å². The summed E-state index contributed by atoms with van der Waals surface area (Å²) in [4.78, 5) is 3.99. The Morgan fingerprint density at radius 2 is 1.89 bits per heavy atom. The molecule has 2 N–H and O–H groups in total. The second-order valence-electron chi connectivity index (χ2n) is 3.65. The van der Waals surface area contributed by atoms with Crippen LogP contribution in [0.3, 0.4) is 0 Å². The van der Waals surface area contributed by atoms with Crippen molar-refractivity contribution in [1.29, 1.82) is 0 Å². The van der Waals surface area contributed by atoms with E-state index in [4.69, 9.17) is 15.2 Å². The molecule has 6 heteroatoms. The van der Waals surface area contributed by atoms with Gasteiger partial charge in [0.15, 0.2) is 11.6 Å². The summed E-state index contributed by atoms with van der Waals surface area (Å²) in [7, 11) is 0. The number of nitrogen functional groups attached to an aromatic ring is 1. The molecule has 0 spiro atoms. The lowest BCUT2D eigenvalue weighted by molar-refractivity contribution is 0.320. The molecule has 0 amide bonds. The van der Waals surface area contributed by atoms with E-state index in [1.807, 2.05) is 6.92 Å². The van der Waals surface area contributed by atoms with E-state index in [1.165, 1.54) is 6.07 Å². The first-order valence-electron chi connectivity index (χ1n) is 5.62. The molecule has 2 aromatic rings. The zero-order valence-electron chi connectivity index (χ0n) is 10.2. The van der Waals surface area contributed by atoms with E-state index >= 15 is 0 Å². The van der Waals surface area contributed by atoms with Gasteiger partial charge in [0.05, 0.1) is 12.3 Å². The Hall–Kier alpha value is -2.37. The van der Waals surface area contributed by atoms with Crippen LogP contribution in [-0.4, -0.2) is 11.6 Å². The smallest absolute Gasteiger partial charge is 0.222 e. The monoisotopic (exact) mass is 266 g/mol. The SMILES string of the molecule is CCOc1cccc(Oc2cc(F)c(N)cc2F)n1. The lowest BCUT2D eigenvalue weighted by Crippen LogP contribution is -1.98. The van der Waals surface area contributed by atoms with Crippen molar-refractivity contribution in [3.63, 3.8) is 0 Å². The Labute approximate surface area is 108 Å². The minimum absolute atomic E-state index is 0.106. The fraction of sp³-hybridized carbons (Fsp3) is 0.154. The summed E-state index contributed by atoms with van der Waals surface area (Å²) in [6.45, 7) is 2.26. The molecule has 0 saturated carbocycles. The van der Waals surface area contributed by atoms with Crippen LogP contribution in [0.2, 0.25) is 0 Å². The average molecular weight is 266 g/mol. The number of rotatable bonds is 4. The molecule has 0 aliphatic rings. The quantitative estimate of drug-likeness (QED) is 0.864. The molecule has 0 aliphatic heterocycles. The molecule has 1 heterocycles. The summed E-state index contributed by atoms with van der Waals surface area (Å²) in [6, 6.07) is 6.52. The molecule has 0 radical (unpaired) electrons. The molecule has 100 valence electrons. The van der Waals surface area contributed by atoms with Crippen LogP contribution in [0.1, 0.15) is 6.92 Å². The van der Waals surface area contributed by atoms with E-state index in [2.05, 4.69) is 4.98 Å². The van der Waals surface area contributed by atoms with Gasteiger partial charge in [-0.15, -0.1) is 0 Å². The number of benzene rings is 1. The Morgan fingerprint density at radius 3 is 2.63 bits per heavy atom. The van der Waals surface area contributed by atoms with Crippen LogP contribution in [0.4, 0.5) is 14.5 Å². The zero-order valence-corrected chi connectivity index (χ0v) is 10.2. The highest BCUT2D eigenvalue weighted by atomic mass is 19.1. The summed E-state index contributed by atoms with van der Waals surface area (Å²) in [6.07, 6.45) is 0. The maximum Gasteiger partial charge on any atom is 0.222 e. The molecule has 1 aromatic heterocycles. The highest BCUT2D eigenvalue weighted by molar-refractivity contribution is 5.45. The Kier molecular flexibility index (Phi) is 3.79. The normalized spacial score (nSPS) is 10.3. The molecule has 0 aliphatic carbocycles. The van der Waals surface area contributed by atoms with E-state index in [0.717, 1.165) is 12.1 Å². The van der Waals surface area contributed by atoms with Crippen LogP contribution in [0.15, 0.2) is 30.3 Å². The van der Waals surface area contributed by atoms with Gasteiger partial charge in [-0.2, -0.15) is 4.98 Å². The third-order valence-corrected chi connectivity index (χ3v) is 2.26. The predicted octanol–water partition coefficient (Wildman–Crippen LogP) is 3.13. The molecule has 0 fully saturated rings. The number of hydrogen-bond donors (Lipinski definition) is 1. The van der Waals surface area contributed by atoms with Gasteiger partial charge in [-0.1, -0.05) is 6.07 Å². The number of nitrogens with zero attached hydrogens (tertiary/aromatic N) is 1. The second kappa shape index (κ2) is 5.51. The van der Waals surface area contributed by atoms with E-state index in [-0.39, 0.29) is 17.3 Å². The van der Waals surface area contributed by atoms with Gasteiger partial charge >= 0.3 is 0 Å². The Bertz CT molecular complexity index is 591. The molecule has 1 aromatic carbocycles. The van der Waals surface area contributed by atoms with Gasteiger partial charge in [0.2, 0.25) is 11.8 Å². The lowest BCUT2D eigenvalue weighted by Gasteiger charge is -2.08. The van der Waals surface area contributed by atoms with Crippen LogP contribution in [0.5, 0.6) is 17.5 Å². The predicted molar refractivity (Wildman–Crippen MR) is 66.3 cm³/mol. The molecule has 0 saturated heterocycles.